The molecule has 1 atom stereocenters. The largest absolute Gasteiger partial charge is 0.364 e. The van der Waals surface area contributed by atoms with Crippen LogP contribution in [0.5, 0.6) is 0 Å². The number of rotatable bonds is 5. The molecular weight excluding hydrogens is 391 g/mol. The van der Waals surface area contributed by atoms with E-state index in [1.165, 1.54) is 17.4 Å². The second-order valence-electron chi connectivity index (χ2n) is 5.97. The molecule has 0 saturated heterocycles. The molecule has 0 aliphatic carbocycles. The molecular formula is C18H16Cl2N4O3. The zero-order valence-corrected chi connectivity index (χ0v) is 16.1. The Morgan fingerprint density at radius 2 is 2.00 bits per heavy atom. The summed E-state index contributed by atoms with van der Waals surface area (Å²) in [5.41, 5.74) is 0.634. The highest BCUT2D eigenvalue weighted by Crippen LogP contribution is 2.25. The summed E-state index contributed by atoms with van der Waals surface area (Å²) < 4.78 is 4.80. The second kappa shape index (κ2) is 7.94. The maximum atomic E-state index is 12.6. The van der Waals surface area contributed by atoms with E-state index in [9.17, 15) is 9.59 Å². The summed E-state index contributed by atoms with van der Waals surface area (Å²) in [6, 6.07) is 6.45. The molecule has 0 spiro atoms. The van der Waals surface area contributed by atoms with Gasteiger partial charge in [-0.3, -0.25) is 9.59 Å². The van der Waals surface area contributed by atoms with Gasteiger partial charge in [-0.1, -0.05) is 34.4 Å². The highest BCUT2D eigenvalue weighted by molar-refractivity contribution is 6.36. The number of hydrogen-bond donors (Lipinski definition) is 1. The van der Waals surface area contributed by atoms with Crippen molar-refractivity contribution in [3.05, 3.63) is 79.8 Å². The van der Waals surface area contributed by atoms with Crippen LogP contribution in [0.25, 0.3) is 0 Å². The first-order valence-corrected chi connectivity index (χ1v) is 8.82. The molecule has 7 nitrogen and oxygen atoms in total. The number of halogens is 2. The van der Waals surface area contributed by atoms with Crippen molar-refractivity contribution >= 4 is 29.1 Å². The van der Waals surface area contributed by atoms with E-state index >= 15 is 0 Å². The number of nitrogens with zero attached hydrogens (tertiary/aromatic N) is 3. The average molecular weight is 407 g/mol. The van der Waals surface area contributed by atoms with Crippen molar-refractivity contribution in [2.45, 2.75) is 19.4 Å². The minimum absolute atomic E-state index is 0.0677. The van der Waals surface area contributed by atoms with Crippen LogP contribution in [-0.2, 0) is 6.42 Å². The molecule has 3 rings (SSSR count). The van der Waals surface area contributed by atoms with Crippen LogP contribution in [0.3, 0.4) is 0 Å². The topological polar surface area (TPSA) is 92.1 Å². The number of amides is 1. The summed E-state index contributed by atoms with van der Waals surface area (Å²) in [5, 5.41) is 4.77. The molecule has 2 aromatic heterocycles. The lowest BCUT2D eigenvalue weighted by molar-refractivity contribution is 0.0735. The summed E-state index contributed by atoms with van der Waals surface area (Å²) in [5.74, 6) is -0.111. The van der Waals surface area contributed by atoms with E-state index in [-0.39, 0.29) is 18.0 Å². The van der Waals surface area contributed by atoms with Gasteiger partial charge in [0.2, 0.25) is 0 Å². The predicted molar refractivity (Wildman–Crippen MR) is 101 cm³/mol. The number of H-pyrrole nitrogens is 1. The molecule has 1 N–H and O–H groups in total. The number of aromatic nitrogens is 3. The Balaban J connectivity index is 1.82. The van der Waals surface area contributed by atoms with Crippen LogP contribution < -0.4 is 5.56 Å². The third-order valence-corrected chi connectivity index (χ3v) is 4.98. The van der Waals surface area contributed by atoms with Gasteiger partial charge in [-0.2, -0.15) is 0 Å². The molecule has 0 saturated carbocycles. The molecule has 2 heterocycles. The zero-order valence-electron chi connectivity index (χ0n) is 14.6. The minimum atomic E-state index is -0.535. The quantitative estimate of drug-likeness (QED) is 0.699. The van der Waals surface area contributed by atoms with Gasteiger partial charge in [-0.05, 0) is 24.6 Å². The van der Waals surface area contributed by atoms with Gasteiger partial charge in [0.1, 0.15) is 23.3 Å². The molecule has 0 radical (unpaired) electrons. The van der Waals surface area contributed by atoms with Crippen LogP contribution in [0, 0.1) is 0 Å². The SMILES string of the molecule is C[C@@H](c1ccon1)N(C)C(=O)c1cnc(Cc2c(Cl)cccc2Cl)[nH]c1=O. The van der Waals surface area contributed by atoms with E-state index in [4.69, 9.17) is 27.7 Å². The molecule has 0 aliphatic heterocycles. The summed E-state index contributed by atoms with van der Waals surface area (Å²) in [6.07, 6.45) is 2.92. The molecule has 0 aliphatic rings. The van der Waals surface area contributed by atoms with Gasteiger partial charge >= 0.3 is 0 Å². The Bertz CT molecular complexity index is 997. The van der Waals surface area contributed by atoms with E-state index in [1.807, 2.05) is 0 Å². The van der Waals surface area contributed by atoms with E-state index < -0.39 is 11.5 Å². The van der Waals surface area contributed by atoms with Gasteiger partial charge in [-0.25, -0.2) is 4.98 Å². The fourth-order valence-corrected chi connectivity index (χ4v) is 3.08. The molecule has 0 bridgehead atoms. The maximum Gasteiger partial charge on any atom is 0.263 e. The fraction of sp³-hybridized carbons (Fsp3) is 0.222. The third kappa shape index (κ3) is 4.04. The van der Waals surface area contributed by atoms with Crippen LogP contribution in [0.15, 0.2) is 46.0 Å². The molecule has 1 amide bonds. The van der Waals surface area contributed by atoms with E-state index in [0.717, 1.165) is 0 Å². The van der Waals surface area contributed by atoms with Gasteiger partial charge in [0, 0.05) is 35.8 Å². The molecule has 0 unspecified atom stereocenters. The molecule has 0 fully saturated rings. The Kier molecular flexibility index (Phi) is 5.62. The van der Waals surface area contributed by atoms with Crippen LogP contribution in [0.1, 0.15) is 40.4 Å². The highest BCUT2D eigenvalue weighted by Gasteiger charge is 2.23. The van der Waals surface area contributed by atoms with E-state index in [2.05, 4.69) is 15.1 Å². The van der Waals surface area contributed by atoms with Crippen molar-refractivity contribution in [3.8, 4) is 0 Å². The van der Waals surface area contributed by atoms with Crippen molar-refractivity contribution in [3.63, 3.8) is 0 Å². The zero-order chi connectivity index (χ0) is 19.6. The summed E-state index contributed by atoms with van der Waals surface area (Å²) in [6.45, 7) is 1.78. The minimum Gasteiger partial charge on any atom is -0.364 e. The van der Waals surface area contributed by atoms with Crippen molar-refractivity contribution in [2.75, 3.05) is 7.05 Å². The lowest BCUT2D eigenvalue weighted by atomic mass is 10.1. The average Bonchev–Trinajstić information content (AvgIpc) is 3.18. The first kappa shape index (κ1) is 19.1. The van der Waals surface area contributed by atoms with Crippen molar-refractivity contribution in [1.29, 1.82) is 0 Å². The third-order valence-electron chi connectivity index (χ3n) is 4.28. The van der Waals surface area contributed by atoms with Crippen molar-refractivity contribution < 1.29 is 9.32 Å². The molecule has 9 heteroatoms. The van der Waals surface area contributed by atoms with Gasteiger partial charge in [0.05, 0.1) is 6.04 Å². The van der Waals surface area contributed by atoms with E-state index in [0.29, 0.717) is 27.1 Å². The van der Waals surface area contributed by atoms with E-state index in [1.54, 1.807) is 38.2 Å². The Morgan fingerprint density at radius 3 is 2.59 bits per heavy atom. The molecule has 140 valence electrons. The molecule has 27 heavy (non-hydrogen) atoms. The number of hydrogen-bond acceptors (Lipinski definition) is 5. The summed E-state index contributed by atoms with van der Waals surface area (Å²) in [7, 11) is 1.58. The maximum absolute atomic E-state index is 12.6. The van der Waals surface area contributed by atoms with Crippen molar-refractivity contribution in [2.24, 2.45) is 0 Å². The normalized spacial score (nSPS) is 12.0. The Morgan fingerprint density at radius 1 is 1.30 bits per heavy atom. The van der Waals surface area contributed by atoms with Gasteiger partial charge < -0.3 is 14.4 Å². The number of aromatic amines is 1. The lowest BCUT2D eigenvalue weighted by Gasteiger charge is -2.22. The lowest BCUT2D eigenvalue weighted by Crippen LogP contribution is -2.34. The predicted octanol–water partition coefficient (Wildman–Crippen LogP) is 3.49. The Hall–Kier alpha value is -2.64. The number of carbonyl (C=O) groups excluding carboxylic acids is 1. The molecule has 3 aromatic rings. The summed E-state index contributed by atoms with van der Waals surface area (Å²) in [4.78, 5) is 33.3. The van der Waals surface area contributed by atoms with Crippen molar-refractivity contribution in [1.82, 2.24) is 20.0 Å². The number of carbonyl (C=O) groups is 1. The van der Waals surface area contributed by atoms with Gasteiger partial charge in [-0.15, -0.1) is 0 Å². The molecule has 1 aromatic carbocycles. The summed E-state index contributed by atoms with van der Waals surface area (Å²) >= 11 is 12.3. The van der Waals surface area contributed by atoms with Crippen LogP contribution in [0.4, 0.5) is 0 Å². The van der Waals surface area contributed by atoms with Crippen LogP contribution >= 0.6 is 23.2 Å². The second-order valence-corrected chi connectivity index (χ2v) is 6.78. The van der Waals surface area contributed by atoms with Crippen LogP contribution in [0.2, 0.25) is 10.0 Å². The van der Waals surface area contributed by atoms with Gasteiger partial charge in [0.25, 0.3) is 11.5 Å². The highest BCUT2D eigenvalue weighted by atomic mass is 35.5. The van der Waals surface area contributed by atoms with Gasteiger partial charge in [0.15, 0.2) is 0 Å². The first-order chi connectivity index (χ1) is 12.9. The Labute approximate surface area is 164 Å². The smallest absolute Gasteiger partial charge is 0.263 e. The standard InChI is InChI=1S/C18H16Cl2N4O3/c1-10(15-6-7-27-23-15)24(2)18(26)12-9-21-16(22-17(12)25)8-11-13(19)4-3-5-14(11)20/h3-7,9-10H,8H2,1-2H3,(H,21,22,25)/t10-/m0/s1. The first-order valence-electron chi connectivity index (χ1n) is 8.07. The fourth-order valence-electron chi connectivity index (χ4n) is 2.54. The monoisotopic (exact) mass is 406 g/mol. The number of benzene rings is 1. The number of nitrogens with one attached hydrogen (secondary N) is 1. The van der Waals surface area contributed by atoms with Crippen LogP contribution in [-0.4, -0.2) is 33.0 Å².